The van der Waals surface area contributed by atoms with Gasteiger partial charge in [-0.25, -0.2) is 4.79 Å². The third kappa shape index (κ3) is 4.49. The Kier molecular flexibility index (Phi) is 6.35. The molecule has 1 N–H and O–H groups in total. The third-order valence-corrected chi connectivity index (χ3v) is 6.27. The van der Waals surface area contributed by atoms with E-state index in [0.717, 1.165) is 4.47 Å². The van der Waals surface area contributed by atoms with Crippen molar-refractivity contribution in [1.82, 2.24) is 0 Å². The predicted molar refractivity (Wildman–Crippen MR) is 111 cm³/mol. The van der Waals surface area contributed by atoms with Crippen LogP contribution < -0.4 is 0 Å². The smallest absolute Gasteiger partial charge is 0.338 e. The van der Waals surface area contributed by atoms with Crippen molar-refractivity contribution in [2.24, 2.45) is 0 Å². The maximum absolute atomic E-state index is 12.9. The Morgan fingerprint density at radius 3 is 2.63 bits per heavy atom. The van der Waals surface area contributed by atoms with E-state index in [2.05, 4.69) is 22.5 Å². The van der Waals surface area contributed by atoms with Gasteiger partial charge in [-0.3, -0.25) is 0 Å². The lowest BCUT2D eigenvalue weighted by atomic mass is 9.91. The first kappa shape index (κ1) is 21.9. The van der Waals surface area contributed by atoms with Gasteiger partial charge >= 0.3 is 5.97 Å². The van der Waals surface area contributed by atoms with Gasteiger partial charge in [0.15, 0.2) is 11.9 Å². The molecule has 8 heteroatoms. The predicted octanol–water partition coefficient (Wildman–Crippen LogP) is 2.99. The van der Waals surface area contributed by atoms with Crippen LogP contribution >= 0.6 is 15.9 Å². The van der Waals surface area contributed by atoms with Gasteiger partial charge in [0.1, 0.15) is 24.4 Å². The topological polar surface area (TPSA) is 83.5 Å². The number of hydrogen-bond donors (Lipinski definition) is 1. The zero-order chi connectivity index (χ0) is 21.5. The molecular weight excluding hydrogens is 456 g/mol. The number of hydrogen-bond acceptors (Lipinski definition) is 7. The van der Waals surface area contributed by atoms with E-state index in [-0.39, 0.29) is 6.10 Å². The lowest BCUT2D eigenvalue weighted by molar-refractivity contribution is -0.360. The summed E-state index contributed by atoms with van der Waals surface area (Å²) in [5.41, 5.74) is 0.429. The van der Waals surface area contributed by atoms with E-state index in [4.69, 9.17) is 23.7 Å². The van der Waals surface area contributed by atoms with E-state index in [0.29, 0.717) is 25.0 Å². The number of benzene rings is 1. The van der Waals surface area contributed by atoms with Crippen LogP contribution in [0, 0.1) is 0 Å². The van der Waals surface area contributed by atoms with Crippen LogP contribution in [0.5, 0.6) is 0 Å². The van der Waals surface area contributed by atoms with Crippen molar-refractivity contribution in [2.75, 3.05) is 6.61 Å². The summed E-state index contributed by atoms with van der Waals surface area (Å²) in [6.45, 7) is 7.72. The van der Waals surface area contributed by atoms with Crippen LogP contribution in [0.25, 0.3) is 0 Å². The number of ether oxygens (including phenoxy) is 5. The van der Waals surface area contributed by atoms with Crippen LogP contribution in [0.4, 0.5) is 0 Å². The molecule has 4 rings (SSSR count). The molecule has 0 aromatic heterocycles. The van der Waals surface area contributed by atoms with Crippen LogP contribution in [0.3, 0.4) is 0 Å². The first-order valence-electron chi connectivity index (χ1n) is 10.2. The molecule has 7 nitrogen and oxygen atoms in total. The van der Waals surface area contributed by atoms with Crippen LogP contribution in [0.1, 0.15) is 37.0 Å². The molecule has 1 aromatic carbocycles. The summed E-state index contributed by atoms with van der Waals surface area (Å²) >= 11 is 3.37. The Hall–Kier alpha value is -1.29. The van der Waals surface area contributed by atoms with Gasteiger partial charge in [0, 0.05) is 4.47 Å². The Bertz CT molecular complexity index is 780. The second-order valence-corrected chi connectivity index (χ2v) is 9.24. The molecule has 0 bridgehead atoms. The molecule has 3 aliphatic heterocycles. The van der Waals surface area contributed by atoms with Gasteiger partial charge < -0.3 is 28.8 Å². The summed E-state index contributed by atoms with van der Waals surface area (Å²) in [4.78, 5) is 12.9. The number of aliphatic hydroxyl groups excluding tert-OH is 1. The SMILES string of the molecule is C=C[C@@H]1O[C@@H]2[C@@H](OC(=O)c3ccc(Br)cc3)[C@@H]3OC(C)(C)OC[C@H]3O[C@H]2CC[C@H]1O. The van der Waals surface area contributed by atoms with Crippen LogP contribution in [-0.4, -0.2) is 66.2 Å². The van der Waals surface area contributed by atoms with Crippen molar-refractivity contribution in [3.63, 3.8) is 0 Å². The summed E-state index contributed by atoms with van der Waals surface area (Å²) in [7, 11) is 0. The highest BCUT2D eigenvalue weighted by Gasteiger charge is 2.55. The van der Waals surface area contributed by atoms with E-state index in [9.17, 15) is 9.90 Å². The molecule has 164 valence electrons. The van der Waals surface area contributed by atoms with E-state index in [1.807, 2.05) is 13.8 Å². The molecule has 0 aliphatic carbocycles. The second kappa shape index (κ2) is 8.68. The molecule has 0 radical (unpaired) electrons. The molecular formula is C22H27BrO7. The minimum absolute atomic E-state index is 0.320. The van der Waals surface area contributed by atoms with Crippen molar-refractivity contribution < 1.29 is 33.6 Å². The molecule has 7 atom stereocenters. The maximum atomic E-state index is 12.9. The summed E-state index contributed by atoms with van der Waals surface area (Å²) < 4.78 is 31.1. The number of carbonyl (C=O) groups is 1. The molecule has 0 unspecified atom stereocenters. The maximum Gasteiger partial charge on any atom is 0.338 e. The molecule has 3 fully saturated rings. The van der Waals surface area contributed by atoms with Gasteiger partial charge in [-0.05, 0) is 51.0 Å². The first-order chi connectivity index (χ1) is 14.3. The number of aliphatic hydroxyl groups is 1. The van der Waals surface area contributed by atoms with Gasteiger partial charge in [-0.15, -0.1) is 6.58 Å². The lowest BCUT2D eigenvalue weighted by Gasteiger charge is -2.50. The summed E-state index contributed by atoms with van der Waals surface area (Å²) in [5, 5.41) is 10.4. The fraction of sp³-hybridized carbons (Fsp3) is 0.591. The van der Waals surface area contributed by atoms with Crippen LogP contribution in [0.2, 0.25) is 0 Å². The van der Waals surface area contributed by atoms with Gasteiger partial charge in [0.2, 0.25) is 0 Å². The van der Waals surface area contributed by atoms with Crippen LogP contribution in [0.15, 0.2) is 41.4 Å². The fourth-order valence-electron chi connectivity index (χ4n) is 4.20. The number of esters is 1. The number of fused-ring (bicyclic) bond motifs is 2. The van der Waals surface area contributed by atoms with E-state index < -0.39 is 48.4 Å². The van der Waals surface area contributed by atoms with E-state index in [1.54, 1.807) is 30.3 Å². The quantitative estimate of drug-likeness (QED) is 0.523. The molecule has 0 spiro atoms. The Morgan fingerprint density at radius 2 is 1.93 bits per heavy atom. The van der Waals surface area contributed by atoms with Crippen molar-refractivity contribution >= 4 is 21.9 Å². The van der Waals surface area contributed by atoms with Crippen molar-refractivity contribution in [3.05, 3.63) is 47.0 Å². The average Bonchev–Trinajstić information content (AvgIpc) is 2.87. The molecule has 3 heterocycles. The summed E-state index contributed by atoms with van der Waals surface area (Å²) in [6, 6.07) is 6.96. The molecule has 0 amide bonds. The Morgan fingerprint density at radius 1 is 1.20 bits per heavy atom. The lowest BCUT2D eigenvalue weighted by Crippen LogP contribution is -2.65. The highest BCUT2D eigenvalue weighted by molar-refractivity contribution is 9.10. The van der Waals surface area contributed by atoms with Gasteiger partial charge in [0.05, 0.1) is 24.4 Å². The monoisotopic (exact) mass is 482 g/mol. The third-order valence-electron chi connectivity index (χ3n) is 5.74. The highest BCUT2D eigenvalue weighted by atomic mass is 79.9. The van der Waals surface area contributed by atoms with E-state index >= 15 is 0 Å². The van der Waals surface area contributed by atoms with Gasteiger partial charge in [-0.2, -0.15) is 0 Å². The Balaban J connectivity index is 1.64. The standard InChI is InChI=1S/C22H27BrO7/c1-4-15-14(24)9-10-16-18(28-15)20(19-17(27-16)11-26-22(2,3)30-19)29-21(25)12-5-7-13(23)8-6-12/h4-8,14-20,24H,1,9-11H2,2-3H3/t14-,15+,16+,17-,18+,19-,20-/m1/s1. The van der Waals surface area contributed by atoms with Crippen molar-refractivity contribution in [2.45, 2.75) is 75.2 Å². The zero-order valence-corrected chi connectivity index (χ0v) is 18.6. The number of rotatable bonds is 3. The number of carbonyl (C=O) groups excluding carboxylic acids is 1. The normalized spacial score (nSPS) is 37.9. The fourth-order valence-corrected chi connectivity index (χ4v) is 4.47. The van der Waals surface area contributed by atoms with E-state index in [1.165, 1.54) is 0 Å². The second-order valence-electron chi connectivity index (χ2n) is 8.33. The molecule has 0 saturated carbocycles. The van der Waals surface area contributed by atoms with Gasteiger partial charge in [-0.1, -0.05) is 22.0 Å². The highest BCUT2D eigenvalue weighted by Crippen LogP contribution is 2.38. The van der Waals surface area contributed by atoms with Crippen LogP contribution in [-0.2, 0) is 23.7 Å². The zero-order valence-electron chi connectivity index (χ0n) is 17.0. The molecule has 30 heavy (non-hydrogen) atoms. The average molecular weight is 483 g/mol. The number of halogens is 1. The first-order valence-corrected chi connectivity index (χ1v) is 11.0. The minimum atomic E-state index is -0.846. The Labute approximate surface area is 184 Å². The molecule has 1 aromatic rings. The molecule has 3 saturated heterocycles. The van der Waals surface area contributed by atoms with Crippen molar-refractivity contribution in [3.8, 4) is 0 Å². The summed E-state index contributed by atoms with van der Waals surface area (Å²) in [6.07, 6.45) is -1.29. The summed E-state index contributed by atoms with van der Waals surface area (Å²) in [5.74, 6) is -1.31. The minimum Gasteiger partial charge on any atom is -0.453 e. The molecule has 3 aliphatic rings. The largest absolute Gasteiger partial charge is 0.453 e. The van der Waals surface area contributed by atoms with Crippen molar-refractivity contribution in [1.29, 1.82) is 0 Å². The van der Waals surface area contributed by atoms with Gasteiger partial charge in [0.25, 0.3) is 0 Å².